The monoisotopic (exact) mass is 267 g/mol. The van der Waals surface area contributed by atoms with E-state index in [4.69, 9.17) is 11.5 Å². The Hall–Kier alpha value is -2.00. The molecule has 1 saturated heterocycles. The molecule has 1 fully saturated rings. The highest BCUT2D eigenvalue weighted by atomic mass is 15.2. The van der Waals surface area contributed by atoms with Crippen molar-refractivity contribution in [2.24, 2.45) is 0 Å². The zero-order valence-electron chi connectivity index (χ0n) is 11.6. The van der Waals surface area contributed by atoms with Crippen molar-refractivity contribution in [1.82, 2.24) is 4.90 Å². The van der Waals surface area contributed by atoms with Crippen molar-refractivity contribution < 1.29 is 0 Å². The van der Waals surface area contributed by atoms with Gasteiger partial charge in [-0.2, -0.15) is 0 Å². The first-order valence-electron chi connectivity index (χ1n) is 7.20. The second kappa shape index (κ2) is 5.55. The summed E-state index contributed by atoms with van der Waals surface area (Å²) in [5, 5.41) is 0. The maximum atomic E-state index is 6.21. The second-order valence-corrected chi connectivity index (χ2v) is 5.40. The number of hydrogen-bond acceptors (Lipinski definition) is 3. The van der Waals surface area contributed by atoms with Crippen LogP contribution < -0.4 is 11.5 Å². The summed E-state index contributed by atoms with van der Waals surface area (Å²) < 4.78 is 0. The Morgan fingerprint density at radius 3 is 1.65 bits per heavy atom. The molecule has 0 aromatic heterocycles. The molecule has 3 nitrogen and oxygen atoms in total. The minimum atomic E-state index is 0.167. The average Bonchev–Trinajstić information content (AvgIpc) is 2.97. The Kier molecular flexibility index (Phi) is 3.61. The number of para-hydroxylation sites is 2. The smallest absolute Gasteiger partial charge is 0.0642 e. The van der Waals surface area contributed by atoms with Crippen LogP contribution in [0.15, 0.2) is 48.5 Å². The molecule has 1 aliphatic heterocycles. The van der Waals surface area contributed by atoms with Gasteiger partial charge in [0.25, 0.3) is 0 Å². The van der Waals surface area contributed by atoms with E-state index in [1.807, 2.05) is 36.4 Å². The zero-order chi connectivity index (χ0) is 13.9. The van der Waals surface area contributed by atoms with Gasteiger partial charge < -0.3 is 11.5 Å². The molecule has 104 valence electrons. The number of nitrogens with two attached hydrogens (primary N) is 2. The highest BCUT2D eigenvalue weighted by Gasteiger charge is 2.27. The van der Waals surface area contributed by atoms with Gasteiger partial charge in [0.05, 0.1) is 6.04 Å². The van der Waals surface area contributed by atoms with Crippen molar-refractivity contribution in [3.63, 3.8) is 0 Å². The summed E-state index contributed by atoms with van der Waals surface area (Å²) in [5.41, 5.74) is 16.4. The summed E-state index contributed by atoms with van der Waals surface area (Å²) in [6.45, 7) is 2.21. The molecule has 3 rings (SSSR count). The number of rotatable bonds is 3. The van der Waals surface area contributed by atoms with Gasteiger partial charge in [-0.1, -0.05) is 36.4 Å². The van der Waals surface area contributed by atoms with Crippen molar-refractivity contribution in [2.45, 2.75) is 18.9 Å². The SMILES string of the molecule is Nc1ccccc1C(c1ccccc1N)N1CCCC1. The number of anilines is 2. The van der Waals surface area contributed by atoms with Crippen LogP contribution in [-0.4, -0.2) is 18.0 Å². The summed E-state index contributed by atoms with van der Waals surface area (Å²) in [6.07, 6.45) is 2.49. The largest absolute Gasteiger partial charge is 0.398 e. The van der Waals surface area contributed by atoms with Crippen LogP contribution >= 0.6 is 0 Å². The van der Waals surface area contributed by atoms with Crippen LogP contribution in [0.3, 0.4) is 0 Å². The fourth-order valence-corrected chi connectivity index (χ4v) is 3.08. The van der Waals surface area contributed by atoms with E-state index >= 15 is 0 Å². The summed E-state index contributed by atoms with van der Waals surface area (Å²) >= 11 is 0. The van der Waals surface area contributed by atoms with E-state index in [1.54, 1.807) is 0 Å². The Bertz CT molecular complexity index is 543. The van der Waals surface area contributed by atoms with Gasteiger partial charge in [-0.15, -0.1) is 0 Å². The van der Waals surface area contributed by atoms with Crippen LogP contribution in [0.1, 0.15) is 30.0 Å². The predicted octanol–water partition coefficient (Wildman–Crippen LogP) is 3.04. The molecule has 4 N–H and O–H groups in total. The van der Waals surface area contributed by atoms with Crippen LogP contribution in [0, 0.1) is 0 Å². The van der Waals surface area contributed by atoms with E-state index in [0.717, 1.165) is 35.6 Å². The Morgan fingerprint density at radius 2 is 1.20 bits per heavy atom. The summed E-state index contributed by atoms with van der Waals surface area (Å²) in [5.74, 6) is 0. The molecule has 2 aromatic carbocycles. The zero-order valence-corrected chi connectivity index (χ0v) is 11.6. The van der Waals surface area contributed by atoms with Crippen LogP contribution in [0.2, 0.25) is 0 Å². The lowest BCUT2D eigenvalue weighted by Gasteiger charge is -2.30. The van der Waals surface area contributed by atoms with E-state index < -0.39 is 0 Å². The van der Waals surface area contributed by atoms with E-state index in [1.165, 1.54) is 12.8 Å². The molecule has 0 atom stereocenters. The minimum Gasteiger partial charge on any atom is -0.398 e. The van der Waals surface area contributed by atoms with Crippen LogP contribution in [0.5, 0.6) is 0 Å². The molecule has 0 bridgehead atoms. The molecule has 0 amide bonds. The first kappa shape index (κ1) is 13.0. The minimum absolute atomic E-state index is 0.167. The second-order valence-electron chi connectivity index (χ2n) is 5.40. The van der Waals surface area contributed by atoms with Gasteiger partial charge in [0.1, 0.15) is 0 Å². The van der Waals surface area contributed by atoms with E-state index in [2.05, 4.69) is 17.0 Å². The highest BCUT2D eigenvalue weighted by Crippen LogP contribution is 2.36. The van der Waals surface area contributed by atoms with Crippen molar-refractivity contribution >= 4 is 11.4 Å². The Balaban J connectivity index is 2.09. The lowest BCUT2D eigenvalue weighted by Crippen LogP contribution is -2.27. The molecule has 0 aliphatic carbocycles. The van der Waals surface area contributed by atoms with Crippen LogP contribution in [0.4, 0.5) is 11.4 Å². The Labute approximate surface area is 120 Å². The number of nitrogens with zero attached hydrogens (tertiary/aromatic N) is 1. The van der Waals surface area contributed by atoms with Gasteiger partial charge in [0, 0.05) is 11.4 Å². The van der Waals surface area contributed by atoms with Crippen molar-refractivity contribution in [3.05, 3.63) is 59.7 Å². The van der Waals surface area contributed by atoms with Crippen LogP contribution in [0.25, 0.3) is 0 Å². The lowest BCUT2D eigenvalue weighted by molar-refractivity contribution is 0.282. The van der Waals surface area contributed by atoms with Gasteiger partial charge in [-0.25, -0.2) is 0 Å². The third-order valence-corrected chi connectivity index (χ3v) is 4.09. The molecule has 0 unspecified atom stereocenters. The van der Waals surface area contributed by atoms with Gasteiger partial charge in [-0.3, -0.25) is 4.90 Å². The fraction of sp³-hybridized carbons (Fsp3) is 0.294. The third kappa shape index (κ3) is 2.37. The van der Waals surface area contributed by atoms with Crippen molar-refractivity contribution in [1.29, 1.82) is 0 Å². The van der Waals surface area contributed by atoms with Gasteiger partial charge in [0.15, 0.2) is 0 Å². The molecule has 3 heteroatoms. The van der Waals surface area contributed by atoms with E-state index in [9.17, 15) is 0 Å². The number of nitrogen functional groups attached to an aromatic ring is 2. The number of hydrogen-bond donors (Lipinski definition) is 2. The molecule has 20 heavy (non-hydrogen) atoms. The van der Waals surface area contributed by atoms with Crippen LogP contribution in [-0.2, 0) is 0 Å². The van der Waals surface area contributed by atoms with Crippen molar-refractivity contribution in [2.75, 3.05) is 24.6 Å². The summed E-state index contributed by atoms with van der Waals surface area (Å²) in [6, 6.07) is 16.4. The molecule has 0 spiro atoms. The first-order chi connectivity index (χ1) is 9.77. The average molecular weight is 267 g/mol. The molecular formula is C17H21N3. The molecule has 1 aliphatic rings. The molecule has 0 saturated carbocycles. The highest BCUT2D eigenvalue weighted by molar-refractivity contribution is 5.57. The quantitative estimate of drug-likeness (QED) is 0.840. The summed E-state index contributed by atoms with van der Waals surface area (Å²) in [4.78, 5) is 2.48. The topological polar surface area (TPSA) is 55.3 Å². The predicted molar refractivity (Wildman–Crippen MR) is 84.4 cm³/mol. The molecular weight excluding hydrogens is 246 g/mol. The fourth-order valence-electron chi connectivity index (χ4n) is 3.08. The van der Waals surface area contributed by atoms with E-state index in [-0.39, 0.29) is 6.04 Å². The maximum absolute atomic E-state index is 6.21. The number of benzene rings is 2. The van der Waals surface area contributed by atoms with Gasteiger partial charge in [0.2, 0.25) is 0 Å². The lowest BCUT2D eigenvalue weighted by atomic mass is 9.94. The van der Waals surface area contributed by atoms with E-state index in [0.29, 0.717) is 0 Å². The normalized spacial score (nSPS) is 15.8. The molecule has 1 heterocycles. The van der Waals surface area contributed by atoms with Crippen molar-refractivity contribution in [3.8, 4) is 0 Å². The molecule has 0 radical (unpaired) electrons. The Morgan fingerprint density at radius 1 is 0.750 bits per heavy atom. The first-order valence-corrected chi connectivity index (χ1v) is 7.20. The summed E-state index contributed by atoms with van der Waals surface area (Å²) in [7, 11) is 0. The molecule has 2 aromatic rings. The van der Waals surface area contributed by atoms with Gasteiger partial charge >= 0.3 is 0 Å². The van der Waals surface area contributed by atoms with Gasteiger partial charge in [-0.05, 0) is 49.2 Å². The third-order valence-electron chi connectivity index (χ3n) is 4.09. The number of likely N-dealkylation sites (tertiary alicyclic amines) is 1. The standard InChI is InChI=1S/C17H21N3/c18-15-9-3-1-7-13(15)17(20-11-5-6-12-20)14-8-2-4-10-16(14)19/h1-4,7-10,17H,5-6,11-12,18-19H2. The maximum Gasteiger partial charge on any atom is 0.0642 e.